The molecule has 8 heteroatoms. The van der Waals surface area contributed by atoms with E-state index in [1.807, 2.05) is 4.90 Å². The fourth-order valence-corrected chi connectivity index (χ4v) is 4.36. The number of carbonyl (C=O) groups excluding carboxylic acids is 1. The van der Waals surface area contributed by atoms with Gasteiger partial charge < -0.3 is 4.98 Å². The van der Waals surface area contributed by atoms with Gasteiger partial charge in [0.15, 0.2) is 5.78 Å². The summed E-state index contributed by atoms with van der Waals surface area (Å²) in [6.07, 6.45) is 2.34. The molecule has 0 bridgehead atoms. The maximum atomic E-state index is 13.0. The minimum absolute atomic E-state index is 0.0140. The number of halogens is 1. The summed E-state index contributed by atoms with van der Waals surface area (Å²) in [5, 5.41) is 0. The Labute approximate surface area is 146 Å². The van der Waals surface area contributed by atoms with Crippen LogP contribution in [0.1, 0.15) is 16.9 Å². The zero-order valence-electron chi connectivity index (χ0n) is 13.7. The van der Waals surface area contributed by atoms with Crippen LogP contribution in [0.3, 0.4) is 0 Å². The van der Waals surface area contributed by atoms with Gasteiger partial charge >= 0.3 is 0 Å². The van der Waals surface area contributed by atoms with Gasteiger partial charge in [-0.2, -0.15) is 4.31 Å². The second-order valence-electron chi connectivity index (χ2n) is 5.99. The lowest BCUT2D eigenvalue weighted by Gasteiger charge is -2.21. The van der Waals surface area contributed by atoms with Gasteiger partial charge in [0.25, 0.3) is 0 Å². The van der Waals surface area contributed by atoms with Crippen LogP contribution in [0.2, 0.25) is 0 Å². The SMILES string of the molecule is O=C(CN1CCCN(S(=O)(=O)c2ccc(F)cc2)CC1)c1ccc[nH]1. The summed E-state index contributed by atoms with van der Waals surface area (Å²) in [6, 6.07) is 8.35. The summed E-state index contributed by atoms with van der Waals surface area (Å²) in [5.74, 6) is -0.483. The zero-order chi connectivity index (χ0) is 17.9. The molecule has 0 atom stereocenters. The molecule has 25 heavy (non-hydrogen) atoms. The van der Waals surface area contributed by atoms with E-state index in [0.717, 1.165) is 12.1 Å². The second-order valence-corrected chi connectivity index (χ2v) is 7.93. The van der Waals surface area contributed by atoms with Gasteiger partial charge in [-0.05, 0) is 49.4 Å². The van der Waals surface area contributed by atoms with E-state index in [9.17, 15) is 17.6 Å². The van der Waals surface area contributed by atoms with Crippen LogP contribution < -0.4 is 0 Å². The third-order valence-electron chi connectivity index (χ3n) is 4.26. The molecule has 6 nitrogen and oxygen atoms in total. The largest absolute Gasteiger partial charge is 0.359 e. The van der Waals surface area contributed by atoms with Gasteiger partial charge in [-0.3, -0.25) is 9.69 Å². The molecule has 134 valence electrons. The number of hydrogen-bond acceptors (Lipinski definition) is 4. The van der Waals surface area contributed by atoms with E-state index in [1.54, 1.807) is 18.3 Å². The normalized spacial score (nSPS) is 17.3. The number of carbonyl (C=O) groups is 1. The standard InChI is InChI=1S/C17H20FN3O3S/c18-14-4-6-15(7-5-14)25(23,24)21-10-2-9-20(11-12-21)13-17(22)16-3-1-8-19-16/h1,3-8,19H,2,9-13H2. The van der Waals surface area contributed by atoms with Crippen molar-refractivity contribution in [1.29, 1.82) is 0 Å². The number of aromatic nitrogens is 1. The van der Waals surface area contributed by atoms with Gasteiger partial charge in [0.05, 0.1) is 17.1 Å². The van der Waals surface area contributed by atoms with Gasteiger partial charge in [-0.1, -0.05) is 0 Å². The summed E-state index contributed by atoms with van der Waals surface area (Å²) in [6.45, 7) is 2.07. The summed E-state index contributed by atoms with van der Waals surface area (Å²) >= 11 is 0. The number of aromatic amines is 1. The molecule has 1 fully saturated rings. The number of H-pyrrole nitrogens is 1. The number of ketones is 1. The molecule has 0 saturated carbocycles. The van der Waals surface area contributed by atoms with E-state index < -0.39 is 15.8 Å². The molecular formula is C17H20FN3O3S. The molecule has 1 aromatic heterocycles. The Kier molecular flexibility index (Phi) is 5.31. The topological polar surface area (TPSA) is 73.5 Å². The molecular weight excluding hydrogens is 345 g/mol. The highest BCUT2D eigenvalue weighted by molar-refractivity contribution is 7.89. The number of hydrogen-bond donors (Lipinski definition) is 1. The van der Waals surface area contributed by atoms with E-state index in [1.165, 1.54) is 16.4 Å². The number of nitrogens with one attached hydrogen (secondary N) is 1. The van der Waals surface area contributed by atoms with Crippen LogP contribution in [-0.2, 0) is 10.0 Å². The molecule has 0 radical (unpaired) electrons. The van der Waals surface area contributed by atoms with Crippen molar-refractivity contribution in [2.24, 2.45) is 0 Å². The Hall–Kier alpha value is -2.03. The van der Waals surface area contributed by atoms with Crippen molar-refractivity contribution in [3.63, 3.8) is 0 Å². The van der Waals surface area contributed by atoms with E-state index >= 15 is 0 Å². The molecule has 2 aromatic rings. The van der Waals surface area contributed by atoms with E-state index in [2.05, 4.69) is 4.98 Å². The molecule has 0 spiro atoms. The first-order chi connectivity index (χ1) is 12.0. The van der Waals surface area contributed by atoms with Gasteiger partial charge in [-0.15, -0.1) is 0 Å². The van der Waals surface area contributed by atoms with Crippen LogP contribution in [0.5, 0.6) is 0 Å². The predicted molar refractivity (Wildman–Crippen MR) is 91.3 cm³/mol. The lowest BCUT2D eigenvalue weighted by molar-refractivity contribution is 0.0930. The Morgan fingerprint density at radius 2 is 1.84 bits per heavy atom. The molecule has 3 rings (SSSR count). The van der Waals surface area contributed by atoms with Crippen molar-refractivity contribution >= 4 is 15.8 Å². The maximum absolute atomic E-state index is 13.0. The summed E-state index contributed by atoms with van der Waals surface area (Å²) < 4.78 is 39.8. The minimum Gasteiger partial charge on any atom is -0.359 e. The van der Waals surface area contributed by atoms with Crippen molar-refractivity contribution in [2.75, 3.05) is 32.7 Å². The summed E-state index contributed by atoms with van der Waals surface area (Å²) in [5.41, 5.74) is 0.556. The average Bonchev–Trinajstić information content (AvgIpc) is 3.02. The smallest absolute Gasteiger partial charge is 0.243 e. The fourth-order valence-electron chi connectivity index (χ4n) is 2.89. The monoisotopic (exact) mass is 365 g/mol. The van der Waals surface area contributed by atoms with Crippen LogP contribution in [0, 0.1) is 5.82 Å². The molecule has 1 aliphatic rings. The third kappa shape index (κ3) is 4.15. The van der Waals surface area contributed by atoms with Crippen LogP contribution >= 0.6 is 0 Å². The highest BCUT2D eigenvalue weighted by atomic mass is 32.2. The summed E-state index contributed by atoms with van der Waals surface area (Å²) in [4.78, 5) is 17.1. The molecule has 1 aromatic carbocycles. The number of rotatable bonds is 5. The van der Waals surface area contributed by atoms with Crippen LogP contribution in [-0.4, -0.2) is 61.1 Å². The zero-order valence-corrected chi connectivity index (χ0v) is 14.5. The second kappa shape index (κ2) is 7.47. The van der Waals surface area contributed by atoms with E-state index in [0.29, 0.717) is 38.3 Å². The van der Waals surface area contributed by atoms with Gasteiger partial charge in [-0.25, -0.2) is 12.8 Å². The number of benzene rings is 1. The molecule has 0 aliphatic carbocycles. The first-order valence-electron chi connectivity index (χ1n) is 8.11. The van der Waals surface area contributed by atoms with Gasteiger partial charge in [0, 0.05) is 25.8 Å². The first-order valence-corrected chi connectivity index (χ1v) is 9.55. The van der Waals surface area contributed by atoms with E-state index in [4.69, 9.17) is 0 Å². The first kappa shape index (κ1) is 17.8. The third-order valence-corrected chi connectivity index (χ3v) is 6.18. The Bertz CT molecular complexity index is 819. The molecule has 2 heterocycles. The van der Waals surface area contributed by atoms with Crippen molar-refractivity contribution in [3.05, 3.63) is 54.1 Å². The fraction of sp³-hybridized carbons (Fsp3) is 0.353. The Morgan fingerprint density at radius 1 is 1.08 bits per heavy atom. The maximum Gasteiger partial charge on any atom is 0.243 e. The van der Waals surface area contributed by atoms with Crippen LogP contribution in [0.25, 0.3) is 0 Å². The molecule has 1 N–H and O–H groups in total. The number of Topliss-reactive ketones (excluding diaryl/α,β-unsaturated/α-hetero) is 1. The minimum atomic E-state index is -3.65. The molecule has 0 amide bonds. The van der Waals surface area contributed by atoms with Gasteiger partial charge in [0.1, 0.15) is 5.82 Å². The predicted octanol–water partition coefficient (Wildman–Crippen LogP) is 1.73. The van der Waals surface area contributed by atoms with Crippen molar-refractivity contribution in [3.8, 4) is 0 Å². The summed E-state index contributed by atoms with van der Waals surface area (Å²) in [7, 11) is -3.65. The highest BCUT2D eigenvalue weighted by Gasteiger charge is 2.27. The lowest BCUT2D eigenvalue weighted by atomic mass is 10.2. The van der Waals surface area contributed by atoms with Crippen LogP contribution in [0.4, 0.5) is 4.39 Å². The van der Waals surface area contributed by atoms with Crippen molar-refractivity contribution < 1.29 is 17.6 Å². The van der Waals surface area contributed by atoms with Gasteiger partial charge in [0.2, 0.25) is 10.0 Å². The van der Waals surface area contributed by atoms with Crippen molar-refractivity contribution in [1.82, 2.24) is 14.2 Å². The van der Waals surface area contributed by atoms with Crippen molar-refractivity contribution in [2.45, 2.75) is 11.3 Å². The average molecular weight is 365 g/mol. The van der Waals surface area contributed by atoms with Crippen LogP contribution in [0.15, 0.2) is 47.5 Å². The highest BCUT2D eigenvalue weighted by Crippen LogP contribution is 2.18. The molecule has 0 unspecified atom stereocenters. The quantitative estimate of drug-likeness (QED) is 0.819. The number of nitrogens with zero attached hydrogens (tertiary/aromatic N) is 2. The molecule has 1 saturated heterocycles. The number of sulfonamides is 1. The molecule has 1 aliphatic heterocycles. The Balaban J connectivity index is 1.65. The lowest BCUT2D eigenvalue weighted by Crippen LogP contribution is -2.36. The van der Waals surface area contributed by atoms with E-state index in [-0.39, 0.29) is 17.2 Å². The Morgan fingerprint density at radius 3 is 2.52 bits per heavy atom.